The van der Waals surface area contributed by atoms with Crippen LogP contribution in [-0.4, -0.2) is 18.5 Å². The molecular formula is C12H13F3. The van der Waals surface area contributed by atoms with Crippen molar-refractivity contribution in [2.24, 2.45) is 0 Å². The Morgan fingerprint density at radius 3 is 2.13 bits per heavy atom. The molecule has 3 heteroatoms. The highest BCUT2D eigenvalue weighted by Crippen LogP contribution is 2.38. The number of hydrogen-bond donors (Lipinski definition) is 0. The fourth-order valence-corrected chi connectivity index (χ4v) is 2.15. The molecule has 1 aromatic carbocycles. The molecule has 4 atom stereocenters. The molecule has 0 amide bonds. The molecule has 0 aromatic heterocycles. The highest BCUT2D eigenvalue weighted by Gasteiger charge is 2.41. The van der Waals surface area contributed by atoms with Crippen LogP contribution in [0.2, 0.25) is 0 Å². The zero-order valence-corrected chi connectivity index (χ0v) is 8.24. The Bertz CT molecular complexity index is 312. The van der Waals surface area contributed by atoms with E-state index < -0.39 is 24.4 Å². The normalized spacial score (nSPS) is 36.5. The zero-order valence-electron chi connectivity index (χ0n) is 8.24. The SMILES string of the molecule is F[C@@H]1[C@@H](c2ccccc2)[C@@H](F)CC[C@H]1F. The van der Waals surface area contributed by atoms with E-state index in [1.807, 2.05) is 0 Å². The maximum absolute atomic E-state index is 13.6. The second-order valence-corrected chi connectivity index (χ2v) is 3.99. The van der Waals surface area contributed by atoms with Crippen molar-refractivity contribution in [2.75, 3.05) is 0 Å². The van der Waals surface area contributed by atoms with Crippen molar-refractivity contribution in [3.05, 3.63) is 35.9 Å². The van der Waals surface area contributed by atoms with Gasteiger partial charge in [-0.2, -0.15) is 0 Å². The smallest absolute Gasteiger partial charge is 0.141 e. The predicted molar refractivity (Wildman–Crippen MR) is 53.1 cm³/mol. The fraction of sp³-hybridized carbons (Fsp3) is 0.500. The van der Waals surface area contributed by atoms with Crippen LogP contribution in [0.5, 0.6) is 0 Å². The van der Waals surface area contributed by atoms with Crippen molar-refractivity contribution in [2.45, 2.75) is 37.3 Å². The number of rotatable bonds is 1. The van der Waals surface area contributed by atoms with Gasteiger partial charge in [-0.25, -0.2) is 13.2 Å². The third kappa shape index (κ3) is 2.01. The van der Waals surface area contributed by atoms with Gasteiger partial charge in [-0.3, -0.25) is 0 Å². The average molecular weight is 214 g/mol. The molecule has 0 saturated heterocycles. The van der Waals surface area contributed by atoms with Crippen LogP contribution in [0.3, 0.4) is 0 Å². The minimum absolute atomic E-state index is 0.00827. The minimum Gasteiger partial charge on any atom is -0.247 e. The van der Waals surface area contributed by atoms with Crippen LogP contribution in [0.1, 0.15) is 24.3 Å². The van der Waals surface area contributed by atoms with Gasteiger partial charge in [0.25, 0.3) is 0 Å². The molecule has 1 aliphatic rings. The highest BCUT2D eigenvalue weighted by molar-refractivity contribution is 5.23. The molecule has 1 aliphatic carbocycles. The van der Waals surface area contributed by atoms with E-state index in [9.17, 15) is 13.2 Å². The Morgan fingerprint density at radius 1 is 0.867 bits per heavy atom. The molecular weight excluding hydrogens is 201 g/mol. The van der Waals surface area contributed by atoms with Gasteiger partial charge in [0.1, 0.15) is 18.5 Å². The van der Waals surface area contributed by atoms with Crippen molar-refractivity contribution in [1.82, 2.24) is 0 Å². The zero-order chi connectivity index (χ0) is 10.8. The largest absolute Gasteiger partial charge is 0.247 e. The van der Waals surface area contributed by atoms with Crippen molar-refractivity contribution < 1.29 is 13.2 Å². The summed E-state index contributed by atoms with van der Waals surface area (Å²) >= 11 is 0. The monoisotopic (exact) mass is 214 g/mol. The summed E-state index contributed by atoms with van der Waals surface area (Å²) in [4.78, 5) is 0. The number of benzene rings is 1. The summed E-state index contributed by atoms with van der Waals surface area (Å²) in [5.41, 5.74) is 0.555. The molecule has 0 heterocycles. The van der Waals surface area contributed by atoms with E-state index in [0.717, 1.165) is 0 Å². The molecule has 1 fully saturated rings. The minimum atomic E-state index is -1.71. The molecule has 82 valence electrons. The van der Waals surface area contributed by atoms with Gasteiger partial charge in [-0.15, -0.1) is 0 Å². The summed E-state index contributed by atoms with van der Waals surface area (Å²) in [6, 6.07) is 8.52. The lowest BCUT2D eigenvalue weighted by Crippen LogP contribution is -2.36. The van der Waals surface area contributed by atoms with Crippen LogP contribution < -0.4 is 0 Å². The maximum atomic E-state index is 13.6. The quantitative estimate of drug-likeness (QED) is 0.670. The first-order chi connectivity index (χ1) is 7.20. The fourth-order valence-electron chi connectivity index (χ4n) is 2.15. The predicted octanol–water partition coefficient (Wildman–Crippen LogP) is 3.58. The molecule has 2 rings (SSSR count). The van der Waals surface area contributed by atoms with E-state index in [4.69, 9.17) is 0 Å². The first kappa shape index (κ1) is 10.5. The summed E-state index contributed by atoms with van der Waals surface area (Å²) in [6.45, 7) is 0. The lowest BCUT2D eigenvalue weighted by molar-refractivity contribution is 0.0485. The van der Waals surface area contributed by atoms with Crippen molar-refractivity contribution in [3.63, 3.8) is 0 Å². The van der Waals surface area contributed by atoms with E-state index in [1.165, 1.54) is 0 Å². The molecule has 1 aromatic rings. The van der Waals surface area contributed by atoms with Crippen molar-refractivity contribution >= 4 is 0 Å². The van der Waals surface area contributed by atoms with Crippen LogP contribution in [0, 0.1) is 0 Å². The Labute approximate surface area is 87.1 Å². The Kier molecular flexibility index (Phi) is 2.98. The first-order valence-corrected chi connectivity index (χ1v) is 5.17. The van der Waals surface area contributed by atoms with Crippen LogP contribution in [0.4, 0.5) is 13.2 Å². The molecule has 0 aliphatic heterocycles. The summed E-state index contributed by atoms with van der Waals surface area (Å²) in [7, 11) is 0. The Hall–Kier alpha value is -0.990. The molecule has 0 bridgehead atoms. The summed E-state index contributed by atoms with van der Waals surface area (Å²) in [5.74, 6) is -0.935. The number of halogens is 3. The van der Waals surface area contributed by atoms with E-state index in [2.05, 4.69) is 0 Å². The molecule has 0 unspecified atom stereocenters. The van der Waals surface area contributed by atoms with Crippen LogP contribution >= 0.6 is 0 Å². The van der Waals surface area contributed by atoms with Gasteiger partial charge in [0, 0.05) is 5.92 Å². The van der Waals surface area contributed by atoms with E-state index in [1.54, 1.807) is 30.3 Å². The third-order valence-electron chi connectivity index (χ3n) is 2.98. The van der Waals surface area contributed by atoms with Crippen molar-refractivity contribution in [1.29, 1.82) is 0 Å². The van der Waals surface area contributed by atoms with Crippen molar-refractivity contribution in [3.8, 4) is 0 Å². The summed E-state index contributed by atoms with van der Waals surface area (Å²) in [5, 5.41) is 0. The number of hydrogen-bond acceptors (Lipinski definition) is 0. The topological polar surface area (TPSA) is 0 Å². The maximum Gasteiger partial charge on any atom is 0.141 e. The van der Waals surface area contributed by atoms with Gasteiger partial charge in [0.05, 0.1) is 0 Å². The molecule has 15 heavy (non-hydrogen) atoms. The second kappa shape index (κ2) is 4.25. The molecule has 0 N–H and O–H groups in total. The Morgan fingerprint density at radius 2 is 1.47 bits per heavy atom. The van der Waals surface area contributed by atoms with Crippen LogP contribution in [-0.2, 0) is 0 Å². The van der Waals surface area contributed by atoms with Gasteiger partial charge in [-0.1, -0.05) is 30.3 Å². The first-order valence-electron chi connectivity index (χ1n) is 5.17. The molecule has 0 spiro atoms. The van der Waals surface area contributed by atoms with Gasteiger partial charge in [0.15, 0.2) is 0 Å². The van der Waals surface area contributed by atoms with E-state index in [0.29, 0.717) is 5.56 Å². The van der Waals surface area contributed by atoms with E-state index in [-0.39, 0.29) is 12.8 Å². The molecule has 1 saturated carbocycles. The number of alkyl halides is 3. The standard InChI is InChI=1S/C12H13F3/c13-9-6-7-10(14)12(15)11(9)8-4-2-1-3-5-8/h1-5,9-12H,6-7H2/t9-,10+,11-,12-/m0/s1. The second-order valence-electron chi connectivity index (χ2n) is 3.99. The third-order valence-corrected chi connectivity index (χ3v) is 2.98. The molecule has 0 nitrogen and oxygen atoms in total. The van der Waals surface area contributed by atoms with Crippen LogP contribution in [0.25, 0.3) is 0 Å². The van der Waals surface area contributed by atoms with Crippen LogP contribution in [0.15, 0.2) is 30.3 Å². The van der Waals surface area contributed by atoms with E-state index >= 15 is 0 Å². The summed E-state index contributed by atoms with van der Waals surface area (Å²) < 4.78 is 40.3. The lowest BCUT2D eigenvalue weighted by Gasteiger charge is -2.32. The van der Waals surface area contributed by atoms with Gasteiger partial charge in [-0.05, 0) is 18.4 Å². The summed E-state index contributed by atoms with van der Waals surface area (Å²) in [6.07, 6.45) is -4.40. The molecule has 0 radical (unpaired) electrons. The lowest BCUT2D eigenvalue weighted by atomic mass is 9.80. The Balaban J connectivity index is 2.25. The van der Waals surface area contributed by atoms with Gasteiger partial charge in [0.2, 0.25) is 0 Å². The highest BCUT2D eigenvalue weighted by atomic mass is 19.2. The van der Waals surface area contributed by atoms with Gasteiger partial charge < -0.3 is 0 Å². The van der Waals surface area contributed by atoms with Gasteiger partial charge >= 0.3 is 0 Å². The average Bonchev–Trinajstić information content (AvgIpc) is 2.26.